The average Bonchev–Trinajstić information content (AvgIpc) is 3.50. The Balaban J connectivity index is 1.22. The van der Waals surface area contributed by atoms with Gasteiger partial charge in [-0.05, 0) is 98.3 Å². The molecule has 0 aromatic rings. The summed E-state index contributed by atoms with van der Waals surface area (Å²) in [6.07, 6.45) is 17.1. The van der Waals surface area contributed by atoms with E-state index in [0.29, 0.717) is 23.4 Å². The molecule has 32 heavy (non-hydrogen) atoms. The van der Waals surface area contributed by atoms with Crippen molar-refractivity contribution in [3.63, 3.8) is 0 Å². The zero-order chi connectivity index (χ0) is 21.9. The van der Waals surface area contributed by atoms with E-state index in [1.807, 2.05) is 0 Å². The third-order valence-corrected chi connectivity index (χ3v) is 8.64. The predicted molar refractivity (Wildman–Crippen MR) is 124 cm³/mol. The smallest absolute Gasteiger partial charge is 0.159 e. The van der Waals surface area contributed by atoms with Crippen LogP contribution in [-0.4, -0.2) is 37.0 Å². The minimum atomic E-state index is 0.194. The molecule has 0 aromatic heterocycles. The fourth-order valence-electron chi connectivity index (χ4n) is 7.05. The minimum absolute atomic E-state index is 0.194. The highest BCUT2D eigenvalue weighted by Gasteiger charge is 2.42. The Labute approximate surface area is 193 Å². The number of carbonyl (C=O) groups is 2. The quantitative estimate of drug-likeness (QED) is 0.461. The van der Waals surface area contributed by atoms with Crippen molar-refractivity contribution in [3.8, 4) is 0 Å². The number of carbonyl (C=O) groups excluding carboxylic acids is 2. The molecule has 4 atom stereocenters. The van der Waals surface area contributed by atoms with Crippen LogP contribution < -0.4 is 0 Å². The van der Waals surface area contributed by atoms with Crippen LogP contribution in [0.2, 0.25) is 0 Å². The van der Waals surface area contributed by atoms with Crippen molar-refractivity contribution in [2.45, 2.75) is 115 Å². The molecule has 0 saturated heterocycles. The van der Waals surface area contributed by atoms with Crippen molar-refractivity contribution < 1.29 is 19.1 Å². The molecule has 1 aliphatic heterocycles. The highest BCUT2D eigenvalue weighted by molar-refractivity contribution is 6.00. The molecule has 0 amide bonds. The van der Waals surface area contributed by atoms with E-state index in [-0.39, 0.29) is 12.2 Å². The molecule has 2 fully saturated rings. The molecular weight excluding hydrogens is 400 g/mol. The van der Waals surface area contributed by atoms with E-state index >= 15 is 0 Å². The number of ether oxygens (including phenoxy) is 2. The minimum Gasteiger partial charge on any atom is -0.374 e. The third-order valence-electron chi connectivity index (χ3n) is 8.64. The Kier molecular flexibility index (Phi) is 7.28. The van der Waals surface area contributed by atoms with Gasteiger partial charge in [0.15, 0.2) is 11.6 Å². The molecule has 0 spiro atoms. The molecule has 1 heterocycles. The second-order valence-corrected chi connectivity index (χ2v) is 10.7. The van der Waals surface area contributed by atoms with Gasteiger partial charge in [0.05, 0.1) is 12.2 Å². The number of allylic oxidation sites excluding steroid dienone is 2. The maximum atomic E-state index is 12.6. The van der Waals surface area contributed by atoms with Crippen LogP contribution in [0.3, 0.4) is 0 Å². The van der Waals surface area contributed by atoms with Crippen molar-refractivity contribution in [1.29, 1.82) is 0 Å². The number of hydrogen-bond donors (Lipinski definition) is 0. The summed E-state index contributed by atoms with van der Waals surface area (Å²) in [5.41, 5.74) is 5.02. The molecule has 0 bridgehead atoms. The molecule has 5 aliphatic rings. The first kappa shape index (κ1) is 22.5. The van der Waals surface area contributed by atoms with Crippen LogP contribution in [0.15, 0.2) is 22.3 Å². The standard InChI is InChI=1S/C28H40O4/c29-23-17-19-11-13-25-27(19)21(23)9-5-1-3-7-15-31-26-14-12-20-18-24(30)22(28(20)26)10-6-2-4-8-16-32-25/h19-20,25-26H,1-18H2. The summed E-state index contributed by atoms with van der Waals surface area (Å²) in [5, 5.41) is 0. The Morgan fingerprint density at radius 3 is 1.44 bits per heavy atom. The van der Waals surface area contributed by atoms with E-state index in [0.717, 1.165) is 127 Å². The topological polar surface area (TPSA) is 52.6 Å². The summed E-state index contributed by atoms with van der Waals surface area (Å²) in [7, 11) is 0. The Morgan fingerprint density at radius 2 is 0.969 bits per heavy atom. The van der Waals surface area contributed by atoms with Gasteiger partial charge in [0.2, 0.25) is 0 Å². The fraction of sp³-hybridized carbons (Fsp3) is 0.786. The highest BCUT2D eigenvalue weighted by atomic mass is 16.5. The second kappa shape index (κ2) is 10.3. The van der Waals surface area contributed by atoms with Crippen LogP contribution >= 0.6 is 0 Å². The molecule has 4 nitrogen and oxygen atoms in total. The van der Waals surface area contributed by atoms with Gasteiger partial charge in [0.1, 0.15) is 0 Å². The first-order valence-corrected chi connectivity index (χ1v) is 13.5. The van der Waals surface area contributed by atoms with Crippen molar-refractivity contribution in [1.82, 2.24) is 0 Å². The van der Waals surface area contributed by atoms with Crippen molar-refractivity contribution in [2.24, 2.45) is 11.8 Å². The maximum Gasteiger partial charge on any atom is 0.159 e. The summed E-state index contributed by atoms with van der Waals surface area (Å²) in [4.78, 5) is 25.2. The molecular formula is C28H40O4. The predicted octanol–water partition coefficient (Wildman–Crippen LogP) is 6.03. The van der Waals surface area contributed by atoms with Crippen molar-refractivity contribution in [3.05, 3.63) is 22.3 Å². The summed E-state index contributed by atoms with van der Waals surface area (Å²) in [6, 6.07) is 0. The Hall–Kier alpha value is -1.26. The Morgan fingerprint density at radius 1 is 0.531 bits per heavy atom. The Bertz CT molecular complexity index is 725. The van der Waals surface area contributed by atoms with Gasteiger partial charge < -0.3 is 9.47 Å². The van der Waals surface area contributed by atoms with Gasteiger partial charge in [0.25, 0.3) is 0 Å². The molecule has 0 N–H and O–H groups in total. The molecule has 0 aromatic carbocycles. The van der Waals surface area contributed by atoms with Crippen LogP contribution in [0.5, 0.6) is 0 Å². The van der Waals surface area contributed by atoms with Gasteiger partial charge in [-0.1, -0.05) is 25.7 Å². The molecule has 2 saturated carbocycles. The van der Waals surface area contributed by atoms with Crippen LogP contribution in [0.25, 0.3) is 0 Å². The van der Waals surface area contributed by atoms with E-state index in [9.17, 15) is 9.59 Å². The van der Waals surface area contributed by atoms with Gasteiger partial charge in [-0.15, -0.1) is 0 Å². The van der Waals surface area contributed by atoms with Crippen molar-refractivity contribution in [2.75, 3.05) is 13.2 Å². The maximum absolute atomic E-state index is 12.6. The van der Waals surface area contributed by atoms with Crippen LogP contribution in [0, 0.1) is 11.8 Å². The van der Waals surface area contributed by atoms with E-state index in [2.05, 4.69) is 0 Å². The van der Waals surface area contributed by atoms with Gasteiger partial charge in [-0.25, -0.2) is 0 Å². The molecule has 4 heteroatoms. The van der Waals surface area contributed by atoms with Crippen LogP contribution in [0.4, 0.5) is 0 Å². The molecule has 0 radical (unpaired) electrons. The SMILES string of the molecule is O=C1CC2CCC3OCCCCCCC4=C5C(CCC5OCCCCCCC1=C23)CC4=O. The van der Waals surface area contributed by atoms with Gasteiger partial charge in [0, 0.05) is 26.1 Å². The summed E-state index contributed by atoms with van der Waals surface area (Å²) < 4.78 is 12.6. The van der Waals surface area contributed by atoms with E-state index < -0.39 is 0 Å². The van der Waals surface area contributed by atoms with Gasteiger partial charge in [-0.2, -0.15) is 0 Å². The fourth-order valence-corrected chi connectivity index (χ4v) is 7.05. The molecule has 5 rings (SSSR count). The molecule has 4 aliphatic carbocycles. The number of Topliss-reactive ketones (excluding diaryl/α,β-unsaturated/α-hetero) is 2. The zero-order valence-electron chi connectivity index (χ0n) is 19.7. The van der Waals surface area contributed by atoms with Gasteiger partial charge in [-0.3, -0.25) is 9.59 Å². The van der Waals surface area contributed by atoms with Crippen LogP contribution in [0.1, 0.15) is 103 Å². The molecule has 176 valence electrons. The largest absolute Gasteiger partial charge is 0.374 e. The first-order valence-electron chi connectivity index (χ1n) is 13.5. The lowest BCUT2D eigenvalue weighted by molar-refractivity contribution is -0.116. The highest BCUT2D eigenvalue weighted by Crippen LogP contribution is 2.46. The van der Waals surface area contributed by atoms with E-state index in [4.69, 9.17) is 9.47 Å². The third kappa shape index (κ3) is 4.68. The lowest BCUT2D eigenvalue weighted by Gasteiger charge is -2.17. The lowest BCUT2D eigenvalue weighted by Crippen LogP contribution is -2.14. The normalized spacial score (nSPS) is 35.4. The van der Waals surface area contributed by atoms with E-state index in [1.54, 1.807) is 0 Å². The van der Waals surface area contributed by atoms with Crippen molar-refractivity contribution >= 4 is 11.6 Å². The number of rotatable bonds is 0. The zero-order valence-corrected chi connectivity index (χ0v) is 19.7. The summed E-state index contributed by atoms with van der Waals surface area (Å²) in [6.45, 7) is 1.60. The molecule has 4 unspecified atom stereocenters. The van der Waals surface area contributed by atoms with Gasteiger partial charge >= 0.3 is 0 Å². The second-order valence-electron chi connectivity index (χ2n) is 10.7. The van der Waals surface area contributed by atoms with E-state index in [1.165, 1.54) is 11.1 Å². The first-order chi connectivity index (χ1) is 15.7. The summed E-state index contributed by atoms with van der Waals surface area (Å²) in [5.74, 6) is 1.73. The average molecular weight is 441 g/mol. The number of ketones is 2. The lowest BCUT2D eigenvalue weighted by atomic mass is 9.99. The number of hydrogen-bond acceptors (Lipinski definition) is 4. The van der Waals surface area contributed by atoms with Crippen LogP contribution in [-0.2, 0) is 19.1 Å². The monoisotopic (exact) mass is 440 g/mol. The summed E-state index contributed by atoms with van der Waals surface area (Å²) >= 11 is 0.